The fourth-order valence-corrected chi connectivity index (χ4v) is 4.26. The molecule has 21 heavy (non-hydrogen) atoms. The van der Waals surface area contributed by atoms with Crippen molar-refractivity contribution in [2.75, 3.05) is 0 Å². The highest BCUT2D eigenvalue weighted by molar-refractivity contribution is 4.86. The summed E-state index contributed by atoms with van der Waals surface area (Å²) >= 11 is 0. The number of hydrogen-bond acceptors (Lipinski definition) is 0. The second-order valence-corrected chi connectivity index (χ2v) is 8.06. The van der Waals surface area contributed by atoms with E-state index in [1.165, 1.54) is 6.42 Å². The van der Waals surface area contributed by atoms with Gasteiger partial charge in [0.1, 0.15) is 0 Å². The van der Waals surface area contributed by atoms with Crippen molar-refractivity contribution < 1.29 is 0 Å². The molecule has 0 aliphatic heterocycles. The first kappa shape index (κ1) is 23.3. The van der Waals surface area contributed by atoms with E-state index >= 15 is 0 Å². The van der Waals surface area contributed by atoms with Crippen LogP contribution in [0.4, 0.5) is 0 Å². The van der Waals surface area contributed by atoms with Crippen LogP contribution in [0, 0.1) is 47.3 Å². The van der Waals surface area contributed by atoms with E-state index in [2.05, 4.69) is 69.2 Å². The highest BCUT2D eigenvalue weighted by Gasteiger charge is 2.37. The van der Waals surface area contributed by atoms with Crippen molar-refractivity contribution >= 4 is 0 Å². The van der Waals surface area contributed by atoms with Crippen LogP contribution in [0.25, 0.3) is 0 Å². The van der Waals surface area contributed by atoms with Crippen LogP contribution < -0.4 is 0 Å². The van der Waals surface area contributed by atoms with Gasteiger partial charge in [-0.3, -0.25) is 0 Å². The zero-order chi connectivity index (χ0) is 17.3. The predicted molar refractivity (Wildman–Crippen MR) is 101 cm³/mol. The van der Waals surface area contributed by atoms with Gasteiger partial charge in [0.2, 0.25) is 0 Å². The van der Waals surface area contributed by atoms with Crippen molar-refractivity contribution in [2.24, 2.45) is 47.3 Å². The summed E-state index contributed by atoms with van der Waals surface area (Å²) in [6.07, 6.45) is 1.33. The quantitative estimate of drug-likeness (QED) is 0.434. The van der Waals surface area contributed by atoms with Crippen molar-refractivity contribution in [1.29, 1.82) is 0 Å². The summed E-state index contributed by atoms with van der Waals surface area (Å²) in [5, 5.41) is 0. The molecule has 0 N–H and O–H groups in total. The maximum Gasteiger partial charge on any atom is -0.0327 e. The molecule has 0 aromatic heterocycles. The van der Waals surface area contributed by atoms with Crippen LogP contribution in [-0.4, -0.2) is 0 Å². The molecule has 0 fully saturated rings. The lowest BCUT2D eigenvalue weighted by molar-refractivity contribution is 0.0409. The molecule has 0 aliphatic carbocycles. The molecule has 4 unspecified atom stereocenters. The maximum atomic E-state index is 2.48. The monoisotopic (exact) mass is 298 g/mol. The Morgan fingerprint density at radius 3 is 1.10 bits per heavy atom. The number of rotatable bonds is 8. The van der Waals surface area contributed by atoms with Gasteiger partial charge in [0.05, 0.1) is 0 Å². The van der Waals surface area contributed by atoms with E-state index in [1.54, 1.807) is 0 Å². The molecule has 0 spiro atoms. The normalized spacial score (nSPS) is 17.7. The maximum absolute atomic E-state index is 2.48. The lowest BCUT2D eigenvalue weighted by Gasteiger charge is -2.44. The minimum absolute atomic E-state index is 0.789. The predicted octanol–water partition coefficient (Wildman–Crippen LogP) is 7.53. The zero-order valence-electron chi connectivity index (χ0n) is 17.3. The van der Waals surface area contributed by atoms with Gasteiger partial charge in [0, 0.05) is 0 Å². The number of hydrogen-bond donors (Lipinski definition) is 0. The summed E-state index contributed by atoms with van der Waals surface area (Å²) < 4.78 is 0. The SMILES string of the molecule is CC.CCC(C(C)C)C(C(C)C)C(C(C)C)C(C)C(C)C. The Hall–Kier alpha value is 0. The molecule has 0 heteroatoms. The third-order valence-electron chi connectivity index (χ3n) is 5.46. The Labute approximate surface area is 137 Å². The first-order chi connectivity index (χ1) is 9.64. The fraction of sp³-hybridized carbons (Fsp3) is 1.00. The molecule has 0 saturated carbocycles. The standard InChI is InChI=1S/C19H40.C2H6/c1-11-17(13(4)5)19(15(8)9)18(14(6)7)16(10)12(2)3;1-2/h12-19H,11H2,1-10H3;1-2H3. The lowest BCUT2D eigenvalue weighted by atomic mass is 9.61. The second-order valence-electron chi connectivity index (χ2n) is 8.06. The second kappa shape index (κ2) is 11.6. The van der Waals surface area contributed by atoms with Crippen LogP contribution in [0.3, 0.4) is 0 Å². The molecule has 4 atom stereocenters. The van der Waals surface area contributed by atoms with Crippen LogP contribution in [0.5, 0.6) is 0 Å². The van der Waals surface area contributed by atoms with E-state index in [9.17, 15) is 0 Å². The highest BCUT2D eigenvalue weighted by atomic mass is 14.4. The van der Waals surface area contributed by atoms with Crippen molar-refractivity contribution in [3.05, 3.63) is 0 Å². The Morgan fingerprint density at radius 1 is 0.524 bits per heavy atom. The van der Waals surface area contributed by atoms with Crippen molar-refractivity contribution in [2.45, 2.75) is 89.5 Å². The van der Waals surface area contributed by atoms with Gasteiger partial charge < -0.3 is 0 Å². The largest absolute Gasteiger partial charge is 0.0683 e. The van der Waals surface area contributed by atoms with E-state index < -0.39 is 0 Å². The van der Waals surface area contributed by atoms with E-state index in [-0.39, 0.29) is 0 Å². The first-order valence-electron chi connectivity index (χ1n) is 9.64. The smallest absolute Gasteiger partial charge is 0.0327 e. The van der Waals surface area contributed by atoms with Gasteiger partial charge in [-0.05, 0) is 47.3 Å². The van der Waals surface area contributed by atoms with Crippen molar-refractivity contribution in [3.8, 4) is 0 Å². The van der Waals surface area contributed by atoms with Gasteiger partial charge >= 0.3 is 0 Å². The molecule has 0 bridgehead atoms. The molecule has 0 heterocycles. The Balaban J connectivity index is 0. The first-order valence-corrected chi connectivity index (χ1v) is 9.64. The van der Waals surface area contributed by atoms with Crippen LogP contribution in [0.1, 0.15) is 89.5 Å². The van der Waals surface area contributed by atoms with Gasteiger partial charge in [0.25, 0.3) is 0 Å². The average Bonchev–Trinajstić information content (AvgIpc) is 2.39. The zero-order valence-corrected chi connectivity index (χ0v) is 17.3. The summed E-state index contributed by atoms with van der Waals surface area (Å²) in [5.74, 6) is 6.58. The molecule has 0 rings (SSSR count). The van der Waals surface area contributed by atoms with E-state index in [4.69, 9.17) is 0 Å². The molecule has 0 nitrogen and oxygen atoms in total. The average molecular weight is 299 g/mol. The van der Waals surface area contributed by atoms with Gasteiger partial charge in [0.15, 0.2) is 0 Å². The topological polar surface area (TPSA) is 0 Å². The third kappa shape index (κ3) is 7.20. The minimum Gasteiger partial charge on any atom is -0.0683 e. The van der Waals surface area contributed by atoms with Crippen LogP contribution in [0.2, 0.25) is 0 Å². The molecule has 0 saturated heterocycles. The minimum atomic E-state index is 0.789. The van der Waals surface area contributed by atoms with Gasteiger partial charge in [-0.2, -0.15) is 0 Å². The molecule has 0 aromatic rings. The molecule has 0 aliphatic rings. The molecule has 0 amide bonds. The van der Waals surface area contributed by atoms with Crippen LogP contribution in [-0.2, 0) is 0 Å². The van der Waals surface area contributed by atoms with E-state index in [0.717, 1.165) is 47.3 Å². The summed E-state index contributed by atoms with van der Waals surface area (Å²) in [5.41, 5.74) is 0. The summed E-state index contributed by atoms with van der Waals surface area (Å²) in [6, 6.07) is 0. The highest BCUT2D eigenvalue weighted by Crippen LogP contribution is 2.44. The Kier molecular flexibility index (Phi) is 12.8. The molecule has 0 radical (unpaired) electrons. The van der Waals surface area contributed by atoms with Crippen LogP contribution in [0.15, 0.2) is 0 Å². The summed E-state index contributed by atoms with van der Waals surface area (Å²) in [7, 11) is 0. The Morgan fingerprint density at radius 2 is 0.905 bits per heavy atom. The Bertz CT molecular complexity index is 224. The van der Waals surface area contributed by atoms with Crippen molar-refractivity contribution in [1.82, 2.24) is 0 Å². The van der Waals surface area contributed by atoms with Crippen molar-refractivity contribution in [3.63, 3.8) is 0 Å². The molecular weight excluding hydrogens is 252 g/mol. The van der Waals surface area contributed by atoms with Crippen LogP contribution >= 0.6 is 0 Å². The summed E-state index contributed by atoms with van der Waals surface area (Å²) in [6.45, 7) is 28.3. The molecular formula is C21H46. The third-order valence-corrected chi connectivity index (χ3v) is 5.46. The van der Waals surface area contributed by atoms with E-state index in [1.807, 2.05) is 13.8 Å². The lowest BCUT2D eigenvalue weighted by Crippen LogP contribution is -2.38. The molecule has 130 valence electrons. The van der Waals surface area contributed by atoms with Gasteiger partial charge in [-0.25, -0.2) is 0 Å². The fourth-order valence-electron chi connectivity index (χ4n) is 4.26. The summed E-state index contributed by atoms with van der Waals surface area (Å²) in [4.78, 5) is 0. The van der Waals surface area contributed by atoms with Gasteiger partial charge in [-0.15, -0.1) is 0 Å². The van der Waals surface area contributed by atoms with Gasteiger partial charge in [-0.1, -0.05) is 89.5 Å². The van der Waals surface area contributed by atoms with E-state index in [0.29, 0.717) is 0 Å². The molecule has 0 aromatic carbocycles.